The molecule has 1 saturated carbocycles. The number of nitrogen functional groups attached to an aromatic ring is 1. The lowest BCUT2D eigenvalue weighted by atomic mass is 10.3. The second-order valence-electron chi connectivity index (χ2n) is 4.08. The number of anilines is 1. The number of hydrogen-bond donors (Lipinski definition) is 2. The highest BCUT2D eigenvalue weighted by atomic mass is 32.2. The molecule has 4 heteroatoms. The van der Waals surface area contributed by atoms with Crippen LogP contribution in [0.1, 0.15) is 19.8 Å². The van der Waals surface area contributed by atoms with E-state index >= 15 is 0 Å². The molecule has 1 aliphatic carbocycles. The lowest BCUT2D eigenvalue weighted by molar-refractivity contribution is -0.120. The Balaban J connectivity index is 1.92. The lowest BCUT2D eigenvalue weighted by Gasteiger charge is -2.12. The zero-order valence-corrected chi connectivity index (χ0v) is 10.1. The van der Waals surface area contributed by atoms with Gasteiger partial charge in [0.25, 0.3) is 0 Å². The predicted molar refractivity (Wildman–Crippen MR) is 67.3 cm³/mol. The van der Waals surface area contributed by atoms with E-state index < -0.39 is 0 Å². The number of benzene rings is 1. The van der Waals surface area contributed by atoms with Gasteiger partial charge >= 0.3 is 0 Å². The largest absolute Gasteiger partial charge is 0.398 e. The molecule has 1 aromatic rings. The summed E-state index contributed by atoms with van der Waals surface area (Å²) >= 11 is 1.51. The first-order valence-corrected chi connectivity index (χ1v) is 6.36. The average molecular weight is 236 g/mol. The molecule has 2 rings (SSSR count). The third kappa shape index (κ3) is 2.92. The number of carbonyl (C=O) groups is 1. The number of carbonyl (C=O) groups excluding carboxylic acids is 1. The topological polar surface area (TPSA) is 55.1 Å². The molecule has 3 nitrogen and oxygen atoms in total. The Kier molecular flexibility index (Phi) is 3.39. The smallest absolute Gasteiger partial charge is 0.233 e. The maximum absolute atomic E-state index is 11.7. The van der Waals surface area contributed by atoms with Gasteiger partial charge < -0.3 is 11.1 Å². The summed E-state index contributed by atoms with van der Waals surface area (Å²) in [6.45, 7) is 1.91. The zero-order chi connectivity index (χ0) is 11.5. The van der Waals surface area contributed by atoms with Gasteiger partial charge in [0.15, 0.2) is 0 Å². The van der Waals surface area contributed by atoms with Gasteiger partial charge in [-0.25, -0.2) is 0 Å². The van der Waals surface area contributed by atoms with Crippen LogP contribution in [0, 0.1) is 0 Å². The molecule has 0 heterocycles. The number of nitrogens with two attached hydrogens (primary N) is 1. The van der Waals surface area contributed by atoms with Crippen LogP contribution in [-0.2, 0) is 4.79 Å². The minimum Gasteiger partial charge on any atom is -0.398 e. The lowest BCUT2D eigenvalue weighted by Crippen LogP contribution is -2.32. The highest BCUT2D eigenvalue weighted by Crippen LogP contribution is 2.29. The molecule has 0 aliphatic heterocycles. The van der Waals surface area contributed by atoms with Gasteiger partial charge in [0.05, 0.1) is 5.25 Å². The highest BCUT2D eigenvalue weighted by molar-refractivity contribution is 8.00. The minimum atomic E-state index is -0.0923. The fourth-order valence-corrected chi connectivity index (χ4v) is 2.30. The number of hydrogen-bond acceptors (Lipinski definition) is 3. The van der Waals surface area contributed by atoms with Gasteiger partial charge in [0.1, 0.15) is 0 Å². The van der Waals surface area contributed by atoms with Crippen LogP contribution < -0.4 is 11.1 Å². The van der Waals surface area contributed by atoms with E-state index in [0.29, 0.717) is 6.04 Å². The Hall–Kier alpha value is -1.16. The van der Waals surface area contributed by atoms with Crippen molar-refractivity contribution in [1.82, 2.24) is 5.32 Å². The van der Waals surface area contributed by atoms with Gasteiger partial charge in [0, 0.05) is 16.6 Å². The maximum atomic E-state index is 11.7. The van der Waals surface area contributed by atoms with E-state index in [9.17, 15) is 4.79 Å². The number of thioether (sulfide) groups is 1. The van der Waals surface area contributed by atoms with E-state index in [4.69, 9.17) is 5.73 Å². The first-order chi connectivity index (χ1) is 7.66. The van der Waals surface area contributed by atoms with E-state index in [2.05, 4.69) is 5.32 Å². The Bertz CT molecular complexity index is 390. The van der Waals surface area contributed by atoms with Gasteiger partial charge in [-0.2, -0.15) is 0 Å². The number of nitrogens with one attached hydrogen (secondary N) is 1. The molecule has 86 valence electrons. The molecule has 0 spiro atoms. The molecule has 0 bridgehead atoms. The van der Waals surface area contributed by atoms with Gasteiger partial charge in [-0.3, -0.25) is 4.79 Å². The SMILES string of the molecule is CC(Sc1ccccc1N)C(=O)NC1CC1. The number of rotatable bonds is 4. The zero-order valence-electron chi connectivity index (χ0n) is 9.27. The summed E-state index contributed by atoms with van der Waals surface area (Å²) in [5, 5.41) is 2.90. The monoisotopic (exact) mass is 236 g/mol. The van der Waals surface area contributed by atoms with Crippen molar-refractivity contribution >= 4 is 23.4 Å². The summed E-state index contributed by atoms with van der Waals surface area (Å²) in [4.78, 5) is 12.7. The number of para-hydroxylation sites is 1. The molecular weight excluding hydrogens is 220 g/mol. The maximum Gasteiger partial charge on any atom is 0.233 e. The summed E-state index contributed by atoms with van der Waals surface area (Å²) in [6, 6.07) is 8.05. The van der Waals surface area contributed by atoms with Crippen LogP contribution in [0.5, 0.6) is 0 Å². The first-order valence-electron chi connectivity index (χ1n) is 5.48. The van der Waals surface area contributed by atoms with Crippen molar-refractivity contribution < 1.29 is 4.79 Å². The van der Waals surface area contributed by atoms with Gasteiger partial charge in [0.2, 0.25) is 5.91 Å². The van der Waals surface area contributed by atoms with E-state index in [0.717, 1.165) is 23.4 Å². The van der Waals surface area contributed by atoms with Crippen molar-refractivity contribution in [2.45, 2.75) is 36.0 Å². The average Bonchev–Trinajstić information content (AvgIpc) is 3.05. The predicted octanol–water partition coefficient (Wildman–Crippen LogP) is 2.03. The molecule has 1 amide bonds. The summed E-state index contributed by atoms with van der Waals surface area (Å²) in [5.74, 6) is 0.107. The molecule has 0 saturated heterocycles. The molecule has 1 unspecified atom stereocenters. The third-order valence-electron chi connectivity index (χ3n) is 2.52. The molecule has 16 heavy (non-hydrogen) atoms. The third-order valence-corrected chi connectivity index (χ3v) is 3.71. The molecular formula is C12H16N2OS. The van der Waals surface area contributed by atoms with Crippen molar-refractivity contribution in [2.75, 3.05) is 5.73 Å². The van der Waals surface area contributed by atoms with E-state index in [1.807, 2.05) is 31.2 Å². The summed E-state index contributed by atoms with van der Waals surface area (Å²) < 4.78 is 0. The van der Waals surface area contributed by atoms with Gasteiger partial charge in [-0.05, 0) is 31.9 Å². The quantitative estimate of drug-likeness (QED) is 0.621. The van der Waals surface area contributed by atoms with Crippen molar-refractivity contribution in [2.24, 2.45) is 0 Å². The summed E-state index contributed by atoms with van der Waals surface area (Å²) in [6.07, 6.45) is 2.24. The Morgan fingerprint density at radius 3 is 2.81 bits per heavy atom. The van der Waals surface area contributed by atoms with Crippen LogP contribution in [0.2, 0.25) is 0 Å². The first kappa shape index (κ1) is 11.3. The fourth-order valence-electron chi connectivity index (χ4n) is 1.38. The van der Waals surface area contributed by atoms with Crippen molar-refractivity contribution in [3.63, 3.8) is 0 Å². The summed E-state index contributed by atoms with van der Waals surface area (Å²) in [7, 11) is 0. The summed E-state index contributed by atoms with van der Waals surface area (Å²) in [5.41, 5.74) is 6.56. The van der Waals surface area contributed by atoms with Crippen LogP contribution in [0.4, 0.5) is 5.69 Å². The second kappa shape index (κ2) is 4.78. The van der Waals surface area contributed by atoms with Gasteiger partial charge in [-0.15, -0.1) is 11.8 Å². The van der Waals surface area contributed by atoms with Crippen LogP contribution in [0.3, 0.4) is 0 Å². The van der Waals surface area contributed by atoms with E-state index in [1.54, 1.807) is 0 Å². The highest BCUT2D eigenvalue weighted by Gasteiger charge is 2.26. The Morgan fingerprint density at radius 2 is 2.19 bits per heavy atom. The normalized spacial score (nSPS) is 16.8. The molecule has 1 aliphatic rings. The molecule has 1 atom stereocenters. The molecule has 0 aromatic heterocycles. The van der Waals surface area contributed by atoms with Crippen molar-refractivity contribution in [1.29, 1.82) is 0 Å². The number of amides is 1. The molecule has 0 radical (unpaired) electrons. The Morgan fingerprint density at radius 1 is 1.50 bits per heavy atom. The van der Waals surface area contributed by atoms with Crippen LogP contribution in [0.25, 0.3) is 0 Å². The van der Waals surface area contributed by atoms with Crippen molar-refractivity contribution in [3.05, 3.63) is 24.3 Å². The fraction of sp³-hybridized carbons (Fsp3) is 0.417. The van der Waals surface area contributed by atoms with Crippen LogP contribution >= 0.6 is 11.8 Å². The molecule has 3 N–H and O–H groups in total. The van der Waals surface area contributed by atoms with Gasteiger partial charge in [-0.1, -0.05) is 12.1 Å². The molecule has 1 aromatic carbocycles. The van der Waals surface area contributed by atoms with Crippen LogP contribution in [0.15, 0.2) is 29.2 Å². The van der Waals surface area contributed by atoms with Crippen LogP contribution in [-0.4, -0.2) is 17.2 Å². The van der Waals surface area contributed by atoms with Crippen molar-refractivity contribution in [3.8, 4) is 0 Å². The standard InChI is InChI=1S/C12H16N2OS/c1-8(12(15)14-9-6-7-9)16-11-5-3-2-4-10(11)13/h2-5,8-9H,6-7,13H2,1H3,(H,14,15). The molecule has 1 fully saturated rings. The Labute approximate surface area is 99.8 Å². The minimum absolute atomic E-state index is 0.0923. The van der Waals surface area contributed by atoms with E-state index in [1.165, 1.54) is 11.8 Å². The second-order valence-corrected chi connectivity index (χ2v) is 5.46. The van der Waals surface area contributed by atoms with E-state index in [-0.39, 0.29) is 11.2 Å².